The molecular formula is C13H14BrN3. The van der Waals surface area contributed by atoms with Crippen LogP contribution in [0.15, 0.2) is 47.3 Å². The van der Waals surface area contributed by atoms with Gasteiger partial charge in [-0.05, 0) is 30.5 Å². The second kappa shape index (κ2) is 6.35. The third-order valence-electron chi connectivity index (χ3n) is 2.40. The Morgan fingerprint density at radius 2 is 2.18 bits per heavy atom. The molecule has 0 aliphatic rings. The Morgan fingerprint density at radius 3 is 2.94 bits per heavy atom. The summed E-state index contributed by atoms with van der Waals surface area (Å²) in [6.07, 6.45) is 7.24. The molecule has 0 atom stereocenters. The van der Waals surface area contributed by atoms with Gasteiger partial charge in [0, 0.05) is 23.4 Å². The fourth-order valence-corrected chi connectivity index (χ4v) is 2.04. The van der Waals surface area contributed by atoms with Crippen LogP contribution in [0.25, 0.3) is 0 Å². The zero-order valence-electron chi connectivity index (χ0n) is 9.44. The molecule has 0 spiro atoms. The predicted octanol–water partition coefficient (Wildman–Crippen LogP) is 3.28. The smallest absolute Gasteiger partial charge is 0.144 e. The van der Waals surface area contributed by atoms with Gasteiger partial charge in [-0.3, -0.25) is 4.98 Å². The maximum absolute atomic E-state index is 4.16. The van der Waals surface area contributed by atoms with Gasteiger partial charge < -0.3 is 5.32 Å². The van der Waals surface area contributed by atoms with Crippen molar-refractivity contribution in [1.82, 2.24) is 9.97 Å². The summed E-state index contributed by atoms with van der Waals surface area (Å²) < 4.78 is 1.14. The molecule has 1 aromatic carbocycles. The number of hydrogen-bond acceptors (Lipinski definition) is 3. The number of hydrogen-bond donors (Lipinski definition) is 1. The van der Waals surface area contributed by atoms with Crippen LogP contribution in [0.2, 0.25) is 0 Å². The topological polar surface area (TPSA) is 37.8 Å². The van der Waals surface area contributed by atoms with Crippen LogP contribution in [0.3, 0.4) is 0 Å². The van der Waals surface area contributed by atoms with Crippen LogP contribution in [-0.2, 0) is 6.42 Å². The number of anilines is 1. The van der Waals surface area contributed by atoms with Crippen molar-refractivity contribution in [3.63, 3.8) is 0 Å². The van der Waals surface area contributed by atoms with Gasteiger partial charge in [0.15, 0.2) is 0 Å². The van der Waals surface area contributed by atoms with Crippen LogP contribution in [0.1, 0.15) is 12.0 Å². The Hall–Kier alpha value is -1.42. The first-order chi connectivity index (χ1) is 8.34. The van der Waals surface area contributed by atoms with Crippen LogP contribution >= 0.6 is 15.9 Å². The van der Waals surface area contributed by atoms with Gasteiger partial charge in [-0.2, -0.15) is 0 Å². The van der Waals surface area contributed by atoms with Crippen LogP contribution in [0, 0.1) is 0 Å². The Bertz CT molecular complexity index is 459. The van der Waals surface area contributed by atoms with Crippen LogP contribution in [0.4, 0.5) is 5.82 Å². The first-order valence-corrected chi connectivity index (χ1v) is 6.38. The van der Waals surface area contributed by atoms with Crippen LogP contribution < -0.4 is 5.32 Å². The molecule has 0 fully saturated rings. The molecule has 88 valence electrons. The lowest BCUT2D eigenvalue weighted by Gasteiger charge is -2.05. The van der Waals surface area contributed by atoms with Crippen molar-refractivity contribution in [3.05, 3.63) is 52.9 Å². The third kappa shape index (κ3) is 4.15. The summed E-state index contributed by atoms with van der Waals surface area (Å²) in [5, 5.41) is 3.24. The fraction of sp³-hybridized carbons (Fsp3) is 0.231. The van der Waals surface area contributed by atoms with E-state index in [1.54, 1.807) is 18.6 Å². The summed E-state index contributed by atoms with van der Waals surface area (Å²) in [5.41, 5.74) is 1.35. The average molecular weight is 292 g/mol. The minimum atomic E-state index is 0.835. The van der Waals surface area contributed by atoms with Crippen LogP contribution in [0.5, 0.6) is 0 Å². The highest BCUT2D eigenvalue weighted by Gasteiger charge is 1.95. The Kier molecular flexibility index (Phi) is 4.50. The molecule has 1 heterocycles. The average Bonchev–Trinajstić information content (AvgIpc) is 2.36. The van der Waals surface area contributed by atoms with Gasteiger partial charge in [-0.25, -0.2) is 4.98 Å². The molecule has 2 aromatic rings. The second-order valence-electron chi connectivity index (χ2n) is 3.75. The minimum Gasteiger partial charge on any atom is -0.369 e. The van der Waals surface area contributed by atoms with E-state index in [0.29, 0.717) is 0 Å². The molecule has 0 unspecified atom stereocenters. The van der Waals surface area contributed by atoms with E-state index >= 15 is 0 Å². The minimum absolute atomic E-state index is 0.835. The molecular weight excluding hydrogens is 278 g/mol. The number of aromatic nitrogens is 2. The molecule has 2 rings (SSSR count). The number of nitrogens with zero attached hydrogens (tertiary/aromatic N) is 2. The van der Waals surface area contributed by atoms with Gasteiger partial charge in [0.2, 0.25) is 0 Å². The third-order valence-corrected chi connectivity index (χ3v) is 2.89. The molecule has 0 saturated carbocycles. The zero-order valence-corrected chi connectivity index (χ0v) is 11.0. The number of halogens is 1. The number of benzene rings is 1. The quantitative estimate of drug-likeness (QED) is 0.859. The van der Waals surface area contributed by atoms with Crippen molar-refractivity contribution in [2.75, 3.05) is 11.9 Å². The number of nitrogens with one attached hydrogen (secondary N) is 1. The van der Waals surface area contributed by atoms with E-state index < -0.39 is 0 Å². The molecule has 0 saturated heterocycles. The molecule has 1 aromatic heterocycles. The molecule has 0 aliphatic carbocycles. The van der Waals surface area contributed by atoms with Crippen molar-refractivity contribution >= 4 is 21.7 Å². The molecule has 1 N–H and O–H groups in total. The maximum Gasteiger partial charge on any atom is 0.144 e. The van der Waals surface area contributed by atoms with E-state index in [-0.39, 0.29) is 0 Å². The van der Waals surface area contributed by atoms with Crippen LogP contribution in [-0.4, -0.2) is 16.5 Å². The van der Waals surface area contributed by atoms with E-state index in [1.165, 1.54) is 5.56 Å². The monoisotopic (exact) mass is 291 g/mol. The van der Waals surface area contributed by atoms with E-state index in [4.69, 9.17) is 0 Å². The maximum atomic E-state index is 4.16. The van der Waals surface area contributed by atoms with Crippen molar-refractivity contribution in [1.29, 1.82) is 0 Å². The first-order valence-electron chi connectivity index (χ1n) is 5.59. The summed E-state index contributed by atoms with van der Waals surface area (Å²) in [6.45, 7) is 0.908. The van der Waals surface area contributed by atoms with E-state index in [0.717, 1.165) is 29.7 Å². The summed E-state index contributed by atoms with van der Waals surface area (Å²) in [4.78, 5) is 8.16. The normalized spacial score (nSPS) is 10.2. The van der Waals surface area contributed by atoms with E-state index in [2.05, 4.69) is 49.4 Å². The van der Waals surface area contributed by atoms with Gasteiger partial charge in [0.1, 0.15) is 5.82 Å². The number of aryl methyl sites for hydroxylation is 1. The van der Waals surface area contributed by atoms with Crippen molar-refractivity contribution in [2.45, 2.75) is 12.8 Å². The summed E-state index contributed by atoms with van der Waals surface area (Å²) in [5.74, 6) is 0.835. The predicted molar refractivity (Wildman–Crippen MR) is 73.0 cm³/mol. The molecule has 0 aliphatic heterocycles. The largest absolute Gasteiger partial charge is 0.369 e. The lowest BCUT2D eigenvalue weighted by molar-refractivity contribution is 0.857. The SMILES string of the molecule is Brc1cccc(CCCNc2cnccn2)c1. The van der Waals surface area contributed by atoms with Gasteiger partial charge in [0.25, 0.3) is 0 Å². The second-order valence-corrected chi connectivity index (χ2v) is 4.67. The lowest BCUT2D eigenvalue weighted by atomic mass is 10.1. The van der Waals surface area contributed by atoms with E-state index in [1.807, 2.05) is 6.07 Å². The van der Waals surface area contributed by atoms with Gasteiger partial charge in [-0.15, -0.1) is 0 Å². The highest BCUT2D eigenvalue weighted by atomic mass is 79.9. The molecule has 0 amide bonds. The molecule has 17 heavy (non-hydrogen) atoms. The Labute approximate surface area is 109 Å². The standard InChI is InChI=1S/C13H14BrN3/c14-12-5-1-3-11(9-12)4-2-6-16-13-10-15-7-8-17-13/h1,3,5,7-10H,2,4,6H2,(H,16,17). The van der Waals surface area contributed by atoms with Gasteiger partial charge in [0.05, 0.1) is 6.20 Å². The van der Waals surface area contributed by atoms with Gasteiger partial charge in [-0.1, -0.05) is 28.1 Å². The Balaban J connectivity index is 1.73. The fourth-order valence-electron chi connectivity index (χ4n) is 1.59. The van der Waals surface area contributed by atoms with Crippen molar-refractivity contribution < 1.29 is 0 Å². The Morgan fingerprint density at radius 1 is 1.24 bits per heavy atom. The van der Waals surface area contributed by atoms with Gasteiger partial charge >= 0.3 is 0 Å². The lowest BCUT2D eigenvalue weighted by Crippen LogP contribution is -2.04. The highest BCUT2D eigenvalue weighted by Crippen LogP contribution is 2.12. The summed E-state index contributed by atoms with van der Waals surface area (Å²) >= 11 is 3.47. The summed E-state index contributed by atoms with van der Waals surface area (Å²) in [6, 6.07) is 8.41. The zero-order chi connectivity index (χ0) is 11.9. The van der Waals surface area contributed by atoms with E-state index in [9.17, 15) is 0 Å². The number of rotatable bonds is 5. The molecule has 0 radical (unpaired) electrons. The van der Waals surface area contributed by atoms with Crippen molar-refractivity contribution in [3.8, 4) is 0 Å². The molecule has 4 heteroatoms. The summed E-state index contributed by atoms with van der Waals surface area (Å²) in [7, 11) is 0. The molecule has 0 bridgehead atoms. The highest BCUT2D eigenvalue weighted by molar-refractivity contribution is 9.10. The molecule has 3 nitrogen and oxygen atoms in total. The van der Waals surface area contributed by atoms with Crippen molar-refractivity contribution in [2.24, 2.45) is 0 Å². The first kappa shape index (κ1) is 12.0.